The van der Waals surface area contributed by atoms with Gasteiger partial charge in [-0.2, -0.15) is 0 Å². The van der Waals surface area contributed by atoms with Crippen LogP contribution in [0.25, 0.3) is 0 Å². The molecule has 1 amide bonds. The molecule has 27 heavy (non-hydrogen) atoms. The second-order valence-electron chi connectivity index (χ2n) is 7.94. The summed E-state index contributed by atoms with van der Waals surface area (Å²) in [5, 5.41) is 0.237. The molecule has 2 aliphatic heterocycles. The van der Waals surface area contributed by atoms with Crippen LogP contribution in [0.15, 0.2) is 12.1 Å². The highest BCUT2D eigenvalue weighted by molar-refractivity contribution is 6.32. The third-order valence-corrected chi connectivity index (χ3v) is 4.89. The monoisotopic (exact) mass is 400 g/mol. The minimum atomic E-state index is -0.553. The molecule has 1 saturated heterocycles. The van der Waals surface area contributed by atoms with E-state index in [2.05, 4.69) is 4.90 Å². The van der Waals surface area contributed by atoms with Crippen LogP contribution in [0.3, 0.4) is 0 Å². The highest BCUT2D eigenvalue weighted by Gasteiger charge is 2.38. The van der Waals surface area contributed by atoms with Crippen LogP contribution < -0.4 is 9.64 Å². The SMILES string of the molecule is COC[C@@H]1C[C@@H]2CN(C(=O)OC(C)(C)C)CCN2c2cc(F)cc(Cl)c2O1. The third kappa shape index (κ3) is 4.58. The van der Waals surface area contributed by atoms with E-state index in [0.29, 0.717) is 44.1 Å². The number of carbonyl (C=O) groups is 1. The van der Waals surface area contributed by atoms with Crippen LogP contribution in [-0.4, -0.2) is 62.1 Å². The average Bonchev–Trinajstić information content (AvgIpc) is 2.70. The maximum atomic E-state index is 14.0. The number of hydrogen-bond donors (Lipinski definition) is 0. The molecule has 2 heterocycles. The number of hydrogen-bond acceptors (Lipinski definition) is 5. The standard InChI is InChI=1S/C19H26ClFN2O4/c1-19(2,3)27-18(24)22-5-6-23-13(10-22)9-14(11-25-4)26-17-15(20)7-12(21)8-16(17)23/h7-8,13-14H,5-6,9-11H2,1-4H3/t13-,14+/m1/s1. The van der Waals surface area contributed by atoms with Crippen LogP contribution in [0, 0.1) is 5.82 Å². The van der Waals surface area contributed by atoms with E-state index < -0.39 is 11.4 Å². The zero-order valence-electron chi connectivity index (χ0n) is 16.1. The maximum Gasteiger partial charge on any atom is 0.410 e. The number of piperazine rings is 1. The first kappa shape index (κ1) is 20.0. The predicted octanol–water partition coefficient (Wildman–Crippen LogP) is 3.70. The summed E-state index contributed by atoms with van der Waals surface area (Å²) in [6, 6.07) is 2.64. The van der Waals surface area contributed by atoms with E-state index >= 15 is 0 Å². The molecule has 0 saturated carbocycles. The lowest BCUT2D eigenvalue weighted by molar-refractivity contribution is 0.0190. The van der Waals surface area contributed by atoms with Crippen molar-refractivity contribution >= 4 is 23.4 Å². The molecule has 6 nitrogen and oxygen atoms in total. The van der Waals surface area contributed by atoms with Gasteiger partial charge in [0.2, 0.25) is 0 Å². The number of benzene rings is 1. The Balaban J connectivity index is 1.87. The van der Waals surface area contributed by atoms with Gasteiger partial charge in [0.1, 0.15) is 17.5 Å². The van der Waals surface area contributed by atoms with Crippen LogP contribution >= 0.6 is 11.6 Å². The lowest BCUT2D eigenvalue weighted by atomic mass is 10.0. The van der Waals surface area contributed by atoms with Crippen molar-refractivity contribution in [3.05, 3.63) is 23.0 Å². The van der Waals surface area contributed by atoms with Gasteiger partial charge in [0.05, 0.1) is 23.4 Å². The van der Waals surface area contributed by atoms with Gasteiger partial charge in [-0.15, -0.1) is 0 Å². The number of nitrogens with zero attached hydrogens (tertiary/aromatic N) is 2. The van der Waals surface area contributed by atoms with Gasteiger partial charge in [0.15, 0.2) is 5.75 Å². The maximum absolute atomic E-state index is 14.0. The van der Waals surface area contributed by atoms with Gasteiger partial charge in [-0.3, -0.25) is 0 Å². The zero-order valence-corrected chi connectivity index (χ0v) is 16.9. The van der Waals surface area contributed by atoms with Crippen molar-refractivity contribution in [1.29, 1.82) is 0 Å². The number of rotatable bonds is 2. The van der Waals surface area contributed by atoms with E-state index in [1.165, 1.54) is 12.1 Å². The Morgan fingerprint density at radius 2 is 2.11 bits per heavy atom. The van der Waals surface area contributed by atoms with Crippen molar-refractivity contribution in [2.24, 2.45) is 0 Å². The largest absolute Gasteiger partial charge is 0.484 e. The summed E-state index contributed by atoms with van der Waals surface area (Å²) in [5.41, 5.74) is 0.0650. The Hall–Kier alpha value is -1.73. The molecule has 0 aliphatic carbocycles. The minimum absolute atomic E-state index is 0.0504. The number of methoxy groups -OCH3 is 1. The third-order valence-electron chi connectivity index (χ3n) is 4.60. The molecule has 2 atom stereocenters. The number of carbonyl (C=O) groups excluding carboxylic acids is 1. The van der Waals surface area contributed by atoms with E-state index in [1.807, 2.05) is 20.8 Å². The molecule has 3 rings (SSSR count). The van der Waals surface area contributed by atoms with Crippen LogP contribution in [0.2, 0.25) is 5.02 Å². The first-order valence-electron chi connectivity index (χ1n) is 9.07. The van der Waals surface area contributed by atoms with Gasteiger partial charge >= 0.3 is 6.09 Å². The Morgan fingerprint density at radius 3 is 2.78 bits per heavy atom. The zero-order chi connectivity index (χ0) is 19.8. The van der Waals surface area contributed by atoms with Crippen molar-refractivity contribution in [3.63, 3.8) is 0 Å². The van der Waals surface area contributed by atoms with E-state index in [0.717, 1.165) is 0 Å². The summed E-state index contributed by atoms with van der Waals surface area (Å²) in [4.78, 5) is 16.3. The van der Waals surface area contributed by atoms with E-state index in [4.69, 9.17) is 25.8 Å². The number of ether oxygens (including phenoxy) is 3. The first-order chi connectivity index (χ1) is 12.7. The van der Waals surface area contributed by atoms with E-state index in [9.17, 15) is 9.18 Å². The highest BCUT2D eigenvalue weighted by atomic mass is 35.5. The Bertz CT molecular complexity index is 710. The molecule has 0 N–H and O–H groups in total. The number of halogens is 2. The molecule has 0 spiro atoms. The summed E-state index contributed by atoms with van der Waals surface area (Å²) in [6.07, 6.45) is 0.0400. The van der Waals surface area contributed by atoms with Gasteiger partial charge in [0.25, 0.3) is 0 Å². The molecule has 0 bridgehead atoms. The first-order valence-corrected chi connectivity index (χ1v) is 9.45. The van der Waals surface area contributed by atoms with Gasteiger partial charge in [-0.1, -0.05) is 11.6 Å². The van der Waals surface area contributed by atoms with Crippen molar-refractivity contribution in [2.75, 3.05) is 38.3 Å². The Kier molecular flexibility index (Phi) is 5.72. The quantitative estimate of drug-likeness (QED) is 0.757. The fraction of sp³-hybridized carbons (Fsp3) is 0.632. The fourth-order valence-corrected chi connectivity index (χ4v) is 3.80. The van der Waals surface area contributed by atoms with Crippen molar-refractivity contribution in [3.8, 4) is 5.75 Å². The van der Waals surface area contributed by atoms with Gasteiger partial charge in [0, 0.05) is 39.2 Å². The lowest BCUT2D eigenvalue weighted by Crippen LogP contribution is -2.56. The predicted molar refractivity (Wildman–Crippen MR) is 101 cm³/mol. The number of anilines is 1. The molecular weight excluding hydrogens is 375 g/mol. The molecular formula is C19H26ClFN2O4. The summed E-state index contributed by atoms with van der Waals surface area (Å²) >= 11 is 6.25. The van der Waals surface area contributed by atoms with E-state index in [-0.39, 0.29) is 23.3 Å². The molecule has 8 heteroatoms. The number of fused-ring (bicyclic) bond motifs is 3. The van der Waals surface area contributed by atoms with Crippen LogP contribution in [0.4, 0.5) is 14.9 Å². The Labute approximate surface area is 164 Å². The molecule has 1 fully saturated rings. The molecule has 0 radical (unpaired) electrons. The molecule has 0 unspecified atom stereocenters. The van der Waals surface area contributed by atoms with Crippen molar-refractivity contribution in [2.45, 2.75) is 44.9 Å². The van der Waals surface area contributed by atoms with Crippen LogP contribution in [0.5, 0.6) is 5.75 Å². The molecule has 0 aromatic heterocycles. The molecule has 1 aromatic rings. The second-order valence-corrected chi connectivity index (χ2v) is 8.35. The topological polar surface area (TPSA) is 51.2 Å². The summed E-state index contributed by atoms with van der Waals surface area (Å²) in [6.45, 7) is 7.40. The molecule has 150 valence electrons. The van der Waals surface area contributed by atoms with Gasteiger partial charge < -0.3 is 24.0 Å². The van der Waals surface area contributed by atoms with Gasteiger partial charge in [-0.05, 0) is 26.8 Å². The van der Waals surface area contributed by atoms with Gasteiger partial charge in [-0.25, -0.2) is 9.18 Å². The van der Waals surface area contributed by atoms with E-state index in [1.54, 1.807) is 12.0 Å². The lowest BCUT2D eigenvalue weighted by Gasteiger charge is -2.42. The highest BCUT2D eigenvalue weighted by Crippen LogP contribution is 2.42. The van der Waals surface area contributed by atoms with Crippen molar-refractivity contribution in [1.82, 2.24) is 4.90 Å². The fourth-order valence-electron chi connectivity index (χ4n) is 3.55. The summed E-state index contributed by atoms with van der Waals surface area (Å²) in [5.74, 6) is 0.0502. The van der Waals surface area contributed by atoms with Crippen LogP contribution in [0.1, 0.15) is 27.2 Å². The average molecular weight is 401 g/mol. The molecule has 2 aliphatic rings. The smallest absolute Gasteiger partial charge is 0.410 e. The Morgan fingerprint density at radius 1 is 1.37 bits per heavy atom. The summed E-state index contributed by atoms with van der Waals surface area (Å²) in [7, 11) is 1.60. The van der Waals surface area contributed by atoms with Crippen LogP contribution in [-0.2, 0) is 9.47 Å². The minimum Gasteiger partial charge on any atom is -0.484 e. The molecule has 1 aromatic carbocycles. The van der Waals surface area contributed by atoms with Crippen molar-refractivity contribution < 1.29 is 23.4 Å². The normalized spacial score (nSPS) is 22.4. The summed E-state index contributed by atoms with van der Waals surface area (Å²) < 4.78 is 30.8. The number of amides is 1. The second kappa shape index (κ2) is 7.72.